The van der Waals surface area contributed by atoms with E-state index in [0.29, 0.717) is 19.6 Å². The van der Waals surface area contributed by atoms with E-state index in [2.05, 4.69) is 10.2 Å². The van der Waals surface area contributed by atoms with Crippen LogP contribution in [0.3, 0.4) is 0 Å². The maximum Gasteiger partial charge on any atom is 0.236 e. The SMILES string of the molecule is COCCCC(N)C(=O)NCCCN1CCOCC1. The van der Waals surface area contributed by atoms with E-state index in [-0.39, 0.29) is 5.91 Å². The molecular formula is C13H27N3O3. The zero-order chi connectivity index (χ0) is 13.9. The Morgan fingerprint density at radius 3 is 2.84 bits per heavy atom. The number of nitrogens with two attached hydrogens (primary N) is 1. The standard InChI is InChI=1S/C13H27N3O3/c1-18-9-2-4-12(14)13(17)15-5-3-6-16-7-10-19-11-8-16/h12H,2-11,14H2,1H3,(H,15,17). The van der Waals surface area contributed by atoms with Crippen molar-refractivity contribution in [2.24, 2.45) is 5.73 Å². The largest absolute Gasteiger partial charge is 0.385 e. The number of carbonyl (C=O) groups excluding carboxylic acids is 1. The van der Waals surface area contributed by atoms with Crippen molar-refractivity contribution in [3.8, 4) is 0 Å². The third-order valence-electron chi connectivity index (χ3n) is 3.25. The van der Waals surface area contributed by atoms with Crippen molar-refractivity contribution >= 4 is 5.91 Å². The third-order valence-corrected chi connectivity index (χ3v) is 3.25. The zero-order valence-electron chi connectivity index (χ0n) is 11.9. The lowest BCUT2D eigenvalue weighted by molar-refractivity contribution is -0.122. The molecule has 6 nitrogen and oxygen atoms in total. The van der Waals surface area contributed by atoms with Crippen LogP contribution in [0.2, 0.25) is 0 Å². The first kappa shape index (κ1) is 16.4. The van der Waals surface area contributed by atoms with Crippen LogP contribution in [0.1, 0.15) is 19.3 Å². The van der Waals surface area contributed by atoms with Gasteiger partial charge in [0.25, 0.3) is 0 Å². The maximum atomic E-state index is 11.7. The lowest BCUT2D eigenvalue weighted by Gasteiger charge is -2.26. The second-order valence-corrected chi connectivity index (χ2v) is 4.84. The molecule has 0 bridgehead atoms. The molecular weight excluding hydrogens is 246 g/mol. The van der Waals surface area contributed by atoms with E-state index >= 15 is 0 Å². The van der Waals surface area contributed by atoms with Crippen molar-refractivity contribution in [3.63, 3.8) is 0 Å². The summed E-state index contributed by atoms with van der Waals surface area (Å²) in [6.07, 6.45) is 2.44. The Hall–Kier alpha value is -0.690. The molecule has 1 aliphatic heterocycles. The van der Waals surface area contributed by atoms with Crippen molar-refractivity contribution in [3.05, 3.63) is 0 Å². The fourth-order valence-electron chi connectivity index (χ4n) is 2.05. The summed E-state index contributed by atoms with van der Waals surface area (Å²) in [5.41, 5.74) is 5.79. The van der Waals surface area contributed by atoms with Crippen LogP contribution in [0.5, 0.6) is 0 Å². The molecule has 0 aromatic carbocycles. The van der Waals surface area contributed by atoms with Gasteiger partial charge < -0.3 is 20.5 Å². The van der Waals surface area contributed by atoms with Gasteiger partial charge in [-0.25, -0.2) is 0 Å². The summed E-state index contributed by atoms with van der Waals surface area (Å²) in [7, 11) is 1.65. The normalized spacial score (nSPS) is 18.2. The van der Waals surface area contributed by atoms with E-state index in [1.54, 1.807) is 7.11 Å². The Bertz CT molecular complexity index is 245. The minimum absolute atomic E-state index is 0.0573. The molecule has 1 atom stereocenters. The minimum Gasteiger partial charge on any atom is -0.385 e. The summed E-state index contributed by atoms with van der Waals surface area (Å²) in [5.74, 6) is -0.0573. The minimum atomic E-state index is -0.418. The highest BCUT2D eigenvalue weighted by molar-refractivity contribution is 5.81. The van der Waals surface area contributed by atoms with E-state index in [1.165, 1.54) is 0 Å². The monoisotopic (exact) mass is 273 g/mol. The smallest absolute Gasteiger partial charge is 0.236 e. The topological polar surface area (TPSA) is 76.8 Å². The Morgan fingerprint density at radius 1 is 1.42 bits per heavy atom. The summed E-state index contributed by atoms with van der Waals surface area (Å²) in [6, 6.07) is -0.418. The molecule has 1 aliphatic rings. The fraction of sp³-hybridized carbons (Fsp3) is 0.923. The second kappa shape index (κ2) is 10.1. The zero-order valence-corrected chi connectivity index (χ0v) is 11.9. The summed E-state index contributed by atoms with van der Waals surface area (Å²) in [4.78, 5) is 14.0. The molecule has 0 spiro atoms. The number of ether oxygens (including phenoxy) is 2. The Kier molecular flexibility index (Phi) is 8.73. The molecule has 112 valence electrons. The van der Waals surface area contributed by atoms with Crippen LogP contribution in [-0.2, 0) is 14.3 Å². The number of methoxy groups -OCH3 is 1. The van der Waals surface area contributed by atoms with Crippen LogP contribution in [0.4, 0.5) is 0 Å². The van der Waals surface area contributed by atoms with E-state index in [0.717, 1.165) is 45.7 Å². The summed E-state index contributed by atoms with van der Waals surface area (Å²) >= 11 is 0. The van der Waals surface area contributed by atoms with E-state index in [9.17, 15) is 4.79 Å². The van der Waals surface area contributed by atoms with Gasteiger partial charge in [-0.2, -0.15) is 0 Å². The van der Waals surface area contributed by atoms with E-state index < -0.39 is 6.04 Å². The molecule has 0 aliphatic carbocycles. The lowest BCUT2D eigenvalue weighted by atomic mass is 10.1. The van der Waals surface area contributed by atoms with Gasteiger partial charge in [-0.05, 0) is 25.8 Å². The number of nitrogens with zero attached hydrogens (tertiary/aromatic N) is 1. The fourth-order valence-corrected chi connectivity index (χ4v) is 2.05. The highest BCUT2D eigenvalue weighted by atomic mass is 16.5. The van der Waals surface area contributed by atoms with Crippen LogP contribution >= 0.6 is 0 Å². The average molecular weight is 273 g/mol. The Balaban J connectivity index is 1.99. The first-order chi connectivity index (χ1) is 9.24. The first-order valence-electron chi connectivity index (χ1n) is 7.06. The van der Waals surface area contributed by atoms with Gasteiger partial charge in [0.05, 0.1) is 19.3 Å². The Labute approximate surface area is 115 Å². The van der Waals surface area contributed by atoms with Crippen LogP contribution in [0.25, 0.3) is 0 Å². The molecule has 1 rings (SSSR count). The summed E-state index contributed by atoms with van der Waals surface area (Å²) in [5, 5.41) is 2.89. The number of morpholine rings is 1. The molecule has 0 saturated carbocycles. The number of amides is 1. The molecule has 6 heteroatoms. The predicted octanol–water partition coefficient (Wildman–Crippen LogP) is -0.421. The second-order valence-electron chi connectivity index (χ2n) is 4.84. The van der Waals surface area contributed by atoms with Crippen LogP contribution in [0, 0.1) is 0 Å². The molecule has 19 heavy (non-hydrogen) atoms. The molecule has 0 aromatic heterocycles. The third kappa shape index (κ3) is 7.47. The van der Waals surface area contributed by atoms with E-state index in [4.69, 9.17) is 15.2 Å². The molecule has 1 saturated heterocycles. The summed E-state index contributed by atoms with van der Waals surface area (Å²) in [6.45, 7) is 5.96. The number of hydrogen-bond acceptors (Lipinski definition) is 5. The van der Waals surface area contributed by atoms with Gasteiger partial charge >= 0.3 is 0 Å². The van der Waals surface area contributed by atoms with Crippen molar-refractivity contribution in [1.82, 2.24) is 10.2 Å². The van der Waals surface area contributed by atoms with Crippen molar-refractivity contribution < 1.29 is 14.3 Å². The molecule has 3 N–H and O–H groups in total. The van der Waals surface area contributed by atoms with Crippen LogP contribution < -0.4 is 11.1 Å². The number of hydrogen-bond donors (Lipinski definition) is 2. The molecule has 0 radical (unpaired) electrons. The molecule has 1 fully saturated rings. The number of nitrogens with one attached hydrogen (secondary N) is 1. The molecule has 1 unspecified atom stereocenters. The van der Waals surface area contributed by atoms with Crippen molar-refractivity contribution in [1.29, 1.82) is 0 Å². The average Bonchev–Trinajstić information content (AvgIpc) is 2.44. The highest BCUT2D eigenvalue weighted by Crippen LogP contribution is 1.98. The molecule has 1 amide bonds. The predicted molar refractivity (Wildman–Crippen MR) is 74.0 cm³/mol. The van der Waals surface area contributed by atoms with Gasteiger partial charge in [0.1, 0.15) is 0 Å². The van der Waals surface area contributed by atoms with Gasteiger partial charge in [-0.3, -0.25) is 9.69 Å². The van der Waals surface area contributed by atoms with Gasteiger partial charge in [-0.1, -0.05) is 0 Å². The molecule has 1 heterocycles. The molecule has 0 aromatic rings. The number of carbonyl (C=O) groups is 1. The van der Waals surface area contributed by atoms with Crippen LogP contribution in [0.15, 0.2) is 0 Å². The summed E-state index contributed by atoms with van der Waals surface area (Å²) < 4.78 is 10.2. The van der Waals surface area contributed by atoms with Gasteiger partial charge in [0, 0.05) is 33.4 Å². The number of rotatable bonds is 9. The van der Waals surface area contributed by atoms with E-state index in [1.807, 2.05) is 0 Å². The van der Waals surface area contributed by atoms with Crippen molar-refractivity contribution in [2.75, 3.05) is 53.1 Å². The Morgan fingerprint density at radius 2 is 2.16 bits per heavy atom. The van der Waals surface area contributed by atoms with Gasteiger partial charge in [0.2, 0.25) is 5.91 Å². The van der Waals surface area contributed by atoms with Gasteiger partial charge in [-0.15, -0.1) is 0 Å². The first-order valence-corrected chi connectivity index (χ1v) is 7.06. The quantitative estimate of drug-likeness (QED) is 0.558. The lowest BCUT2D eigenvalue weighted by Crippen LogP contribution is -2.42. The van der Waals surface area contributed by atoms with Gasteiger partial charge in [0.15, 0.2) is 0 Å². The van der Waals surface area contributed by atoms with Crippen LogP contribution in [-0.4, -0.2) is 70.0 Å². The van der Waals surface area contributed by atoms with Crippen molar-refractivity contribution in [2.45, 2.75) is 25.3 Å². The highest BCUT2D eigenvalue weighted by Gasteiger charge is 2.13. The maximum absolute atomic E-state index is 11.7.